The van der Waals surface area contributed by atoms with Crippen molar-refractivity contribution in [2.45, 2.75) is 95.1 Å². The van der Waals surface area contributed by atoms with Crippen LogP contribution in [0.25, 0.3) is 10.8 Å². The lowest BCUT2D eigenvalue weighted by Gasteiger charge is -2.50. The molecular weight excluding hydrogens is 684 g/mol. The summed E-state index contributed by atoms with van der Waals surface area (Å²) in [4.78, 5) is 30.2. The largest absolute Gasteiger partial charge is 0.508 e. The van der Waals surface area contributed by atoms with Crippen LogP contribution in [0.2, 0.25) is 0 Å². The van der Waals surface area contributed by atoms with E-state index >= 15 is 0 Å². The van der Waals surface area contributed by atoms with Crippen molar-refractivity contribution in [2.24, 2.45) is 24.3 Å². The molecule has 0 saturated heterocycles. The lowest BCUT2D eigenvalue weighted by atomic mass is 9.55. The highest BCUT2D eigenvalue weighted by atomic mass is 19.1. The summed E-state index contributed by atoms with van der Waals surface area (Å²) in [5.41, 5.74) is 5.49. The van der Waals surface area contributed by atoms with Gasteiger partial charge in [0, 0.05) is 37.6 Å². The van der Waals surface area contributed by atoms with E-state index in [1.807, 2.05) is 43.4 Å². The highest BCUT2D eigenvalue weighted by molar-refractivity contribution is 5.97. The number of nitrogens with one attached hydrogen (secondary N) is 2. The van der Waals surface area contributed by atoms with Gasteiger partial charge in [0.15, 0.2) is 0 Å². The van der Waals surface area contributed by atoms with Gasteiger partial charge < -0.3 is 15.2 Å². The number of fused-ring (bicyclic) bond motifs is 5. The predicted octanol–water partition coefficient (Wildman–Crippen LogP) is 7.42. The molecule has 9 rings (SSSR count). The van der Waals surface area contributed by atoms with Crippen LogP contribution in [0.4, 0.5) is 10.1 Å². The van der Waals surface area contributed by atoms with Gasteiger partial charge in [0.05, 0.1) is 29.1 Å². The second-order valence-corrected chi connectivity index (χ2v) is 16.3. The van der Waals surface area contributed by atoms with E-state index < -0.39 is 17.3 Å². The van der Waals surface area contributed by atoms with E-state index in [9.17, 15) is 19.1 Å². The van der Waals surface area contributed by atoms with E-state index in [1.54, 1.807) is 4.68 Å². The van der Waals surface area contributed by atoms with Gasteiger partial charge in [0.2, 0.25) is 0 Å². The van der Waals surface area contributed by atoms with Gasteiger partial charge in [0.25, 0.3) is 5.56 Å². The van der Waals surface area contributed by atoms with Crippen molar-refractivity contribution in [3.63, 3.8) is 0 Å². The normalized spacial score (nSPS) is 26.9. The zero-order chi connectivity index (χ0) is 37.1. The molecule has 3 heterocycles. The summed E-state index contributed by atoms with van der Waals surface area (Å²) in [6.07, 6.45) is 11.3. The van der Waals surface area contributed by atoms with Crippen LogP contribution in [0.15, 0.2) is 65.7 Å². The summed E-state index contributed by atoms with van der Waals surface area (Å²) in [6, 6.07) is 16.2. The Labute approximate surface area is 313 Å². The number of phenols is 1. The minimum atomic E-state index is -0.512. The number of benzene rings is 3. The number of ether oxygens (including phenoxy) is 1. The molecule has 3 aromatic carbocycles. The zero-order valence-electron chi connectivity index (χ0n) is 30.9. The maximum Gasteiger partial charge on any atom is 0.272 e. The molecule has 0 bridgehead atoms. The highest BCUT2D eigenvalue weighted by Crippen LogP contribution is 2.61. The van der Waals surface area contributed by atoms with E-state index in [1.165, 1.54) is 55.3 Å². The monoisotopic (exact) mass is 730 g/mol. The maximum absolute atomic E-state index is 14.6. The molecule has 0 spiro atoms. The van der Waals surface area contributed by atoms with E-state index in [-0.39, 0.29) is 28.7 Å². The van der Waals surface area contributed by atoms with Gasteiger partial charge in [-0.2, -0.15) is 10.2 Å². The molecule has 10 nitrogen and oxygen atoms in total. The Morgan fingerprint density at radius 2 is 1.93 bits per heavy atom. The van der Waals surface area contributed by atoms with Crippen LogP contribution in [-0.4, -0.2) is 48.6 Å². The van der Waals surface area contributed by atoms with Crippen LogP contribution in [0, 0.1) is 23.1 Å². The van der Waals surface area contributed by atoms with Crippen LogP contribution < -0.4 is 10.9 Å². The van der Waals surface area contributed by atoms with Crippen molar-refractivity contribution in [3.05, 3.63) is 111 Å². The van der Waals surface area contributed by atoms with Crippen LogP contribution in [-0.2, 0) is 29.4 Å². The minimum Gasteiger partial charge on any atom is -0.508 e. The Bertz CT molecular complexity index is 2290. The van der Waals surface area contributed by atoms with E-state index in [4.69, 9.17) is 4.74 Å². The topological polar surface area (TPSA) is 135 Å². The third-order valence-electron chi connectivity index (χ3n) is 13.4. The number of hydrogen-bond donors (Lipinski definition) is 3. The zero-order valence-corrected chi connectivity index (χ0v) is 30.9. The van der Waals surface area contributed by atoms with Crippen molar-refractivity contribution >= 4 is 22.2 Å². The molecular formula is C43H47FN6O4. The molecule has 54 heavy (non-hydrogen) atoms. The smallest absolute Gasteiger partial charge is 0.272 e. The molecule has 5 aromatic rings. The van der Waals surface area contributed by atoms with Crippen LogP contribution >= 0.6 is 0 Å². The number of Topliss-reactive ketones (excluding diaryl/α,β-unsaturated/α-hetero) is 1. The second kappa shape index (κ2) is 13.7. The summed E-state index contributed by atoms with van der Waals surface area (Å²) in [5.74, 6) is 2.28. The first kappa shape index (κ1) is 34.8. The number of rotatable bonds is 10. The molecule has 1 unspecified atom stereocenters. The fraction of sp³-hybridized carbons (Fsp3) is 0.465. The fourth-order valence-corrected chi connectivity index (χ4v) is 10.8. The van der Waals surface area contributed by atoms with Gasteiger partial charge in [-0.05, 0) is 121 Å². The van der Waals surface area contributed by atoms with Gasteiger partial charge in [-0.25, -0.2) is 14.5 Å². The third kappa shape index (κ3) is 6.01. The first-order chi connectivity index (χ1) is 26.2. The molecule has 7 atom stereocenters. The summed E-state index contributed by atoms with van der Waals surface area (Å²) >= 11 is 0. The van der Waals surface area contributed by atoms with Crippen molar-refractivity contribution in [3.8, 4) is 5.75 Å². The number of aromatic amines is 1. The number of carbonyl (C=O) groups excluding carboxylic acids is 1. The summed E-state index contributed by atoms with van der Waals surface area (Å²) < 4.78 is 22.9. The lowest BCUT2D eigenvalue weighted by molar-refractivity contribution is -0.118. The van der Waals surface area contributed by atoms with Crippen LogP contribution in [0.5, 0.6) is 5.75 Å². The van der Waals surface area contributed by atoms with Gasteiger partial charge in [-0.3, -0.25) is 14.3 Å². The SMILES string of the molecule is Cn1ncnc1[C@H]1c2n[nH]c(=O)c3cc(F)cc(c23)N[C@@H]1c1ccc(CC(=O)CCCCOC2CC[C@H]3[C@@H]4CCc5cc(O)ccc5[C@H]4CC[C@]23C)cc1. The number of phenolic OH excluding ortho intramolecular Hbond substituents is 1. The number of aryl methyl sites for hydroxylation is 2. The van der Waals surface area contributed by atoms with Crippen molar-refractivity contribution in [2.75, 3.05) is 11.9 Å². The van der Waals surface area contributed by atoms with Crippen LogP contribution in [0.1, 0.15) is 110 Å². The maximum atomic E-state index is 14.6. The quantitative estimate of drug-likeness (QED) is 0.127. The standard InChI is InChI=1S/C43H47FN6O4/c1-43-17-16-31-30-13-11-29(52)20-26(30)10-12-32(31)34(43)14-15-36(43)54-18-4-3-5-28(51)19-24-6-8-25(9-7-24)39-38(41-45-23-46-50(41)2)40-37-33(42(53)49-48-40)21-27(44)22-35(37)47-39/h6-9,11,13,20-23,31-32,34,36,38-39,47,52H,3-5,10,12,14-19H2,1-2H3,(H,49,53)/t31-,32-,34+,36?,38-,39-,43+/m1/s1. The summed E-state index contributed by atoms with van der Waals surface area (Å²) in [5, 5.41) is 25.6. The first-order valence-electron chi connectivity index (χ1n) is 19.5. The number of anilines is 1. The average Bonchev–Trinajstić information content (AvgIpc) is 3.74. The molecule has 280 valence electrons. The molecule has 11 heteroatoms. The third-order valence-corrected chi connectivity index (χ3v) is 13.4. The summed E-state index contributed by atoms with van der Waals surface area (Å²) in [6.45, 7) is 3.15. The Balaban J connectivity index is 0.797. The number of carbonyl (C=O) groups is 1. The van der Waals surface area contributed by atoms with E-state index in [0.717, 1.165) is 36.8 Å². The van der Waals surface area contributed by atoms with Crippen LogP contribution in [0.3, 0.4) is 0 Å². The molecule has 3 aliphatic carbocycles. The molecule has 2 aromatic heterocycles. The van der Waals surface area contributed by atoms with E-state index in [0.29, 0.717) is 65.5 Å². The second-order valence-electron chi connectivity index (χ2n) is 16.3. The van der Waals surface area contributed by atoms with E-state index in [2.05, 4.69) is 38.6 Å². The fourth-order valence-electron chi connectivity index (χ4n) is 10.8. The van der Waals surface area contributed by atoms with Gasteiger partial charge in [-0.1, -0.05) is 37.3 Å². The highest BCUT2D eigenvalue weighted by Gasteiger charge is 2.55. The average molecular weight is 731 g/mol. The van der Waals surface area contributed by atoms with Gasteiger partial charge >= 0.3 is 0 Å². The number of aromatic hydroxyl groups is 1. The molecule has 0 amide bonds. The number of aromatic nitrogens is 5. The Morgan fingerprint density at radius 3 is 2.74 bits per heavy atom. The van der Waals surface area contributed by atoms with Gasteiger partial charge in [0.1, 0.15) is 29.5 Å². The molecule has 2 fully saturated rings. The number of unbranched alkanes of at least 4 members (excludes halogenated alkanes) is 1. The van der Waals surface area contributed by atoms with Crippen molar-refractivity contribution < 1.29 is 19.0 Å². The number of ketones is 1. The lowest BCUT2D eigenvalue weighted by Crippen LogP contribution is -2.44. The summed E-state index contributed by atoms with van der Waals surface area (Å²) in [7, 11) is 1.81. The predicted molar refractivity (Wildman–Crippen MR) is 203 cm³/mol. The number of nitrogens with zero attached hydrogens (tertiary/aromatic N) is 4. The Morgan fingerprint density at radius 1 is 1.07 bits per heavy atom. The minimum absolute atomic E-state index is 0.205. The molecule has 0 radical (unpaired) electrons. The number of H-pyrrole nitrogens is 1. The molecule has 2 saturated carbocycles. The van der Waals surface area contributed by atoms with Gasteiger partial charge in [-0.15, -0.1) is 0 Å². The van der Waals surface area contributed by atoms with Crippen molar-refractivity contribution in [1.82, 2.24) is 25.0 Å². The number of hydrogen-bond acceptors (Lipinski definition) is 8. The molecule has 4 aliphatic rings. The Kier molecular flexibility index (Phi) is 8.87. The molecule has 1 aliphatic heterocycles. The first-order valence-corrected chi connectivity index (χ1v) is 19.5. The number of halogens is 1. The van der Waals surface area contributed by atoms with Crippen molar-refractivity contribution in [1.29, 1.82) is 0 Å². The molecule has 3 N–H and O–H groups in total. The Hall–Kier alpha value is -4.90.